The van der Waals surface area contributed by atoms with Gasteiger partial charge in [-0.15, -0.1) is 24.0 Å². The van der Waals surface area contributed by atoms with E-state index in [1.54, 1.807) is 12.1 Å². The van der Waals surface area contributed by atoms with E-state index in [4.69, 9.17) is 11.6 Å². The quantitative estimate of drug-likeness (QED) is 0.312. The maximum absolute atomic E-state index is 14.0. The Morgan fingerprint density at radius 1 is 1.30 bits per heavy atom. The van der Waals surface area contributed by atoms with E-state index in [9.17, 15) is 4.39 Å². The molecular formula is C17H22ClFIN3. The maximum Gasteiger partial charge on any atom is 0.191 e. The van der Waals surface area contributed by atoms with Gasteiger partial charge in [0.25, 0.3) is 0 Å². The molecule has 0 aromatic heterocycles. The van der Waals surface area contributed by atoms with E-state index in [2.05, 4.69) is 27.8 Å². The van der Waals surface area contributed by atoms with Crippen molar-refractivity contribution in [3.63, 3.8) is 0 Å². The van der Waals surface area contributed by atoms with Crippen LogP contribution in [0.1, 0.15) is 37.7 Å². The third kappa shape index (κ3) is 4.59. The average molecular weight is 450 g/mol. The highest BCUT2D eigenvalue weighted by Gasteiger charge is 2.42. The van der Waals surface area contributed by atoms with Crippen molar-refractivity contribution >= 4 is 41.5 Å². The number of nitrogens with zero attached hydrogens (tertiary/aromatic N) is 1. The molecule has 3 rings (SSSR count). The minimum absolute atomic E-state index is 0. The Morgan fingerprint density at radius 3 is 2.70 bits per heavy atom. The zero-order valence-corrected chi connectivity index (χ0v) is 16.1. The zero-order chi connectivity index (χ0) is 15.5. The molecule has 2 aliphatic rings. The Bertz CT molecular complexity index is 577. The maximum atomic E-state index is 14.0. The van der Waals surface area contributed by atoms with Crippen LogP contribution in [0.3, 0.4) is 0 Å². The monoisotopic (exact) mass is 449 g/mol. The van der Waals surface area contributed by atoms with Gasteiger partial charge in [0.1, 0.15) is 5.82 Å². The second kappa shape index (κ2) is 8.33. The molecule has 1 saturated carbocycles. The minimum Gasteiger partial charge on any atom is -0.353 e. The summed E-state index contributed by atoms with van der Waals surface area (Å²) in [5.74, 6) is 0.721. The van der Waals surface area contributed by atoms with Crippen molar-refractivity contribution in [1.29, 1.82) is 0 Å². The smallest absolute Gasteiger partial charge is 0.191 e. The molecule has 1 aromatic rings. The predicted octanol–water partition coefficient (Wildman–Crippen LogP) is 4.23. The van der Waals surface area contributed by atoms with Crippen molar-refractivity contribution in [3.05, 3.63) is 46.8 Å². The SMILES string of the molecule is CCN=C(NC1CC=CC1)NC1CC1c1c(F)cccc1Cl.I. The van der Waals surface area contributed by atoms with Gasteiger partial charge in [0.2, 0.25) is 0 Å². The van der Waals surface area contributed by atoms with Crippen molar-refractivity contribution in [2.24, 2.45) is 4.99 Å². The highest BCUT2D eigenvalue weighted by molar-refractivity contribution is 14.0. The summed E-state index contributed by atoms with van der Waals surface area (Å²) in [6, 6.07) is 5.47. The highest BCUT2D eigenvalue weighted by atomic mass is 127. The molecule has 3 nitrogen and oxygen atoms in total. The Balaban J connectivity index is 0.00000192. The normalized spacial score (nSPS) is 23.5. The van der Waals surface area contributed by atoms with Crippen molar-refractivity contribution < 1.29 is 4.39 Å². The van der Waals surface area contributed by atoms with Crippen molar-refractivity contribution in [3.8, 4) is 0 Å². The lowest BCUT2D eigenvalue weighted by Gasteiger charge is -2.17. The average Bonchev–Trinajstić information content (AvgIpc) is 3.01. The van der Waals surface area contributed by atoms with Gasteiger partial charge in [0, 0.05) is 35.1 Å². The van der Waals surface area contributed by atoms with Crippen molar-refractivity contribution in [2.75, 3.05) is 6.54 Å². The Kier molecular flexibility index (Phi) is 6.71. The molecule has 23 heavy (non-hydrogen) atoms. The number of rotatable bonds is 4. The van der Waals surface area contributed by atoms with Crippen LogP contribution >= 0.6 is 35.6 Å². The first-order chi connectivity index (χ1) is 10.7. The van der Waals surface area contributed by atoms with Crippen LogP contribution in [-0.4, -0.2) is 24.6 Å². The van der Waals surface area contributed by atoms with Crippen molar-refractivity contribution in [1.82, 2.24) is 10.6 Å². The summed E-state index contributed by atoms with van der Waals surface area (Å²) in [6.07, 6.45) is 7.30. The van der Waals surface area contributed by atoms with Crippen LogP contribution in [0.15, 0.2) is 35.3 Å². The summed E-state index contributed by atoms with van der Waals surface area (Å²) in [7, 11) is 0. The standard InChI is InChI=1S/C17H21ClFN3.HI/c1-2-20-17(21-11-6-3-4-7-11)22-15-10-12(15)16-13(18)8-5-9-14(16)19;/h3-5,8-9,11-12,15H,2,6-7,10H2,1H3,(H2,20,21,22);1H. The number of nitrogens with one attached hydrogen (secondary N) is 2. The summed E-state index contributed by atoms with van der Waals surface area (Å²) in [5.41, 5.74) is 0.625. The van der Waals surface area contributed by atoms with Gasteiger partial charge in [-0.1, -0.05) is 29.8 Å². The Hall–Kier alpha value is -0.820. The summed E-state index contributed by atoms with van der Waals surface area (Å²) in [6.45, 7) is 2.72. The third-order valence-corrected chi connectivity index (χ3v) is 4.48. The van der Waals surface area contributed by atoms with Crippen LogP contribution in [0.2, 0.25) is 5.02 Å². The topological polar surface area (TPSA) is 36.4 Å². The second-order valence-corrected chi connectivity index (χ2v) is 6.24. The lowest BCUT2D eigenvalue weighted by atomic mass is 10.1. The van der Waals surface area contributed by atoms with E-state index in [1.165, 1.54) is 6.07 Å². The fourth-order valence-electron chi connectivity index (χ4n) is 2.93. The lowest BCUT2D eigenvalue weighted by molar-refractivity contribution is 0.605. The van der Waals surface area contributed by atoms with Gasteiger partial charge in [-0.3, -0.25) is 4.99 Å². The number of hydrogen-bond acceptors (Lipinski definition) is 1. The van der Waals surface area contributed by atoms with E-state index in [0.29, 0.717) is 23.2 Å². The molecular weight excluding hydrogens is 428 g/mol. The van der Waals surface area contributed by atoms with Gasteiger partial charge >= 0.3 is 0 Å². The predicted molar refractivity (Wildman–Crippen MR) is 104 cm³/mol. The van der Waals surface area contributed by atoms with Gasteiger partial charge in [0.05, 0.1) is 0 Å². The van der Waals surface area contributed by atoms with E-state index in [1.807, 2.05) is 6.92 Å². The van der Waals surface area contributed by atoms with Gasteiger partial charge in [-0.2, -0.15) is 0 Å². The number of guanidine groups is 1. The number of aliphatic imine (C=N–C) groups is 1. The molecule has 2 atom stereocenters. The molecule has 0 amide bonds. The van der Waals surface area contributed by atoms with Crippen LogP contribution in [0.25, 0.3) is 0 Å². The second-order valence-electron chi connectivity index (χ2n) is 5.84. The first-order valence-corrected chi connectivity index (χ1v) is 8.23. The molecule has 2 unspecified atom stereocenters. The summed E-state index contributed by atoms with van der Waals surface area (Å²) < 4.78 is 14.0. The van der Waals surface area contributed by atoms with Crippen LogP contribution in [0.4, 0.5) is 4.39 Å². The molecule has 0 radical (unpaired) electrons. The largest absolute Gasteiger partial charge is 0.353 e. The van der Waals surface area contributed by atoms with E-state index in [0.717, 1.165) is 25.2 Å². The highest BCUT2D eigenvalue weighted by Crippen LogP contribution is 2.44. The molecule has 0 bridgehead atoms. The summed E-state index contributed by atoms with van der Waals surface area (Å²) in [5, 5.41) is 7.36. The van der Waals surface area contributed by atoms with Crippen molar-refractivity contribution in [2.45, 2.75) is 44.2 Å². The Morgan fingerprint density at radius 2 is 2.04 bits per heavy atom. The van der Waals surface area contributed by atoms with Crippen LogP contribution in [0.5, 0.6) is 0 Å². The van der Waals surface area contributed by atoms with Crippen LogP contribution < -0.4 is 10.6 Å². The summed E-state index contributed by atoms with van der Waals surface area (Å²) >= 11 is 6.14. The molecule has 1 fully saturated rings. The third-order valence-electron chi connectivity index (χ3n) is 4.15. The fourth-order valence-corrected chi connectivity index (χ4v) is 3.24. The fraction of sp³-hybridized carbons (Fsp3) is 0.471. The molecule has 0 saturated heterocycles. The molecule has 126 valence electrons. The molecule has 0 spiro atoms. The van der Waals surface area contributed by atoms with Gasteiger partial charge in [0.15, 0.2) is 5.96 Å². The van der Waals surface area contributed by atoms with E-state index >= 15 is 0 Å². The molecule has 0 heterocycles. The molecule has 0 aliphatic heterocycles. The van der Waals surface area contributed by atoms with Gasteiger partial charge < -0.3 is 10.6 Å². The first kappa shape index (κ1) is 18.5. The molecule has 2 aliphatic carbocycles. The first-order valence-electron chi connectivity index (χ1n) is 7.85. The number of hydrogen-bond donors (Lipinski definition) is 2. The molecule has 6 heteroatoms. The number of halogens is 3. The van der Waals surface area contributed by atoms with Crippen LogP contribution in [-0.2, 0) is 0 Å². The van der Waals surface area contributed by atoms with Gasteiger partial charge in [-0.25, -0.2) is 4.39 Å². The molecule has 2 N–H and O–H groups in total. The van der Waals surface area contributed by atoms with Crippen LogP contribution in [0, 0.1) is 5.82 Å². The lowest BCUT2D eigenvalue weighted by Crippen LogP contribution is -2.43. The van der Waals surface area contributed by atoms with E-state index < -0.39 is 0 Å². The minimum atomic E-state index is -0.219. The summed E-state index contributed by atoms with van der Waals surface area (Å²) in [4.78, 5) is 4.48. The Labute approximate surface area is 158 Å². The zero-order valence-electron chi connectivity index (χ0n) is 13.1. The molecule has 1 aromatic carbocycles. The number of benzene rings is 1. The van der Waals surface area contributed by atoms with E-state index in [-0.39, 0.29) is 41.8 Å². The van der Waals surface area contributed by atoms with Gasteiger partial charge in [-0.05, 0) is 38.3 Å².